The number of halogens is 1. The van der Waals surface area contributed by atoms with Gasteiger partial charge in [-0.15, -0.1) is 0 Å². The molecule has 1 saturated carbocycles. The predicted octanol–water partition coefficient (Wildman–Crippen LogP) is 5.74. The minimum Gasteiger partial charge on any atom is -0.422 e. The normalized spacial score (nSPS) is 14.6. The van der Waals surface area contributed by atoms with Crippen LogP contribution in [0.15, 0.2) is 65.8 Å². The maximum absolute atomic E-state index is 12.6. The van der Waals surface area contributed by atoms with E-state index >= 15 is 0 Å². The van der Waals surface area contributed by atoms with E-state index < -0.39 is 5.97 Å². The van der Waals surface area contributed by atoms with E-state index in [9.17, 15) is 9.59 Å². The van der Waals surface area contributed by atoms with E-state index in [0.717, 1.165) is 36.5 Å². The monoisotopic (exact) mass is 434 g/mol. The molecular weight excluding hydrogens is 412 g/mol. The van der Waals surface area contributed by atoms with Gasteiger partial charge in [-0.2, -0.15) is 5.10 Å². The summed E-state index contributed by atoms with van der Waals surface area (Å²) in [6.45, 7) is 0. The Labute approximate surface area is 186 Å². The summed E-state index contributed by atoms with van der Waals surface area (Å²) >= 11 is 5.90. The number of esters is 1. The molecule has 3 aromatic carbocycles. The van der Waals surface area contributed by atoms with Gasteiger partial charge in [-0.25, -0.2) is 10.2 Å². The molecule has 0 radical (unpaired) electrons. The van der Waals surface area contributed by atoms with Gasteiger partial charge in [0.15, 0.2) is 0 Å². The molecule has 6 heteroatoms. The lowest BCUT2D eigenvalue weighted by Crippen LogP contribution is -2.28. The van der Waals surface area contributed by atoms with Crippen LogP contribution >= 0.6 is 11.6 Å². The summed E-state index contributed by atoms with van der Waals surface area (Å²) < 4.78 is 5.67. The number of fused-ring (bicyclic) bond motifs is 1. The van der Waals surface area contributed by atoms with Gasteiger partial charge in [-0.3, -0.25) is 4.79 Å². The fourth-order valence-electron chi connectivity index (χ4n) is 3.86. The van der Waals surface area contributed by atoms with Gasteiger partial charge in [0.2, 0.25) is 5.91 Å². The highest BCUT2D eigenvalue weighted by Gasteiger charge is 2.20. The van der Waals surface area contributed by atoms with Crippen LogP contribution in [0, 0.1) is 5.92 Å². The molecule has 0 aliphatic heterocycles. The number of hydrogen-bond acceptors (Lipinski definition) is 4. The van der Waals surface area contributed by atoms with E-state index in [-0.39, 0.29) is 11.8 Å². The summed E-state index contributed by atoms with van der Waals surface area (Å²) in [7, 11) is 0. The Hall–Kier alpha value is -3.18. The highest BCUT2D eigenvalue weighted by molar-refractivity contribution is 6.30. The van der Waals surface area contributed by atoms with Crippen molar-refractivity contribution in [2.75, 3.05) is 0 Å². The Morgan fingerprint density at radius 2 is 1.71 bits per heavy atom. The zero-order valence-corrected chi connectivity index (χ0v) is 17.8. The van der Waals surface area contributed by atoms with Crippen LogP contribution in [-0.4, -0.2) is 18.1 Å². The summed E-state index contributed by atoms with van der Waals surface area (Å²) in [6.07, 6.45) is 6.70. The lowest BCUT2D eigenvalue weighted by Gasteiger charge is -2.19. The maximum Gasteiger partial charge on any atom is 0.343 e. The van der Waals surface area contributed by atoms with E-state index in [0.29, 0.717) is 21.9 Å². The van der Waals surface area contributed by atoms with Crippen LogP contribution in [0.5, 0.6) is 5.75 Å². The van der Waals surface area contributed by atoms with Gasteiger partial charge < -0.3 is 4.74 Å². The number of nitrogens with zero attached hydrogens (tertiary/aromatic N) is 1. The highest BCUT2D eigenvalue weighted by Crippen LogP contribution is 2.28. The second-order valence-corrected chi connectivity index (χ2v) is 8.10. The third-order valence-electron chi connectivity index (χ3n) is 5.56. The molecule has 1 fully saturated rings. The van der Waals surface area contributed by atoms with Crippen molar-refractivity contribution >= 4 is 40.5 Å². The van der Waals surface area contributed by atoms with Crippen LogP contribution in [-0.2, 0) is 4.79 Å². The SMILES string of the molecule is O=C(Oc1ccc2ccccc2c1/C=N\NC(=O)C1CCCCC1)c1ccc(Cl)cc1. The molecule has 0 saturated heterocycles. The number of ether oxygens (including phenoxy) is 1. The molecule has 1 amide bonds. The fourth-order valence-corrected chi connectivity index (χ4v) is 3.99. The molecular formula is C25H23ClN2O3. The minimum atomic E-state index is -0.493. The van der Waals surface area contributed by atoms with Crippen molar-refractivity contribution in [1.82, 2.24) is 5.43 Å². The van der Waals surface area contributed by atoms with Gasteiger partial charge in [0, 0.05) is 16.5 Å². The summed E-state index contributed by atoms with van der Waals surface area (Å²) in [4.78, 5) is 25.0. The van der Waals surface area contributed by atoms with Crippen LogP contribution < -0.4 is 10.2 Å². The zero-order chi connectivity index (χ0) is 21.6. The molecule has 1 aliphatic carbocycles. The quantitative estimate of drug-likeness (QED) is 0.241. The fraction of sp³-hybridized carbons (Fsp3) is 0.240. The molecule has 0 bridgehead atoms. The number of amides is 1. The molecule has 0 unspecified atom stereocenters. The molecule has 0 aromatic heterocycles. The molecule has 4 rings (SSSR count). The van der Waals surface area contributed by atoms with E-state index in [4.69, 9.17) is 16.3 Å². The lowest BCUT2D eigenvalue weighted by molar-refractivity contribution is -0.125. The topological polar surface area (TPSA) is 67.8 Å². The van der Waals surface area contributed by atoms with Crippen molar-refractivity contribution < 1.29 is 14.3 Å². The largest absolute Gasteiger partial charge is 0.422 e. The van der Waals surface area contributed by atoms with E-state index in [1.807, 2.05) is 30.3 Å². The van der Waals surface area contributed by atoms with Crippen LogP contribution in [0.2, 0.25) is 5.02 Å². The van der Waals surface area contributed by atoms with Gasteiger partial charge in [-0.05, 0) is 53.9 Å². The smallest absolute Gasteiger partial charge is 0.343 e. The summed E-state index contributed by atoms with van der Waals surface area (Å²) in [5, 5.41) is 6.59. The summed E-state index contributed by atoms with van der Waals surface area (Å²) in [5.74, 6) is -0.168. The lowest BCUT2D eigenvalue weighted by atomic mass is 9.89. The zero-order valence-electron chi connectivity index (χ0n) is 17.0. The first kappa shape index (κ1) is 21.1. The number of hydrazone groups is 1. The van der Waals surface area contributed by atoms with E-state index in [2.05, 4.69) is 10.5 Å². The first-order valence-electron chi connectivity index (χ1n) is 10.4. The standard InChI is InChI=1S/C25H23ClN2O3/c26-20-13-10-19(11-14-20)25(30)31-23-15-12-17-6-4-5-9-21(17)22(23)16-27-28-24(29)18-7-2-1-3-8-18/h4-6,9-16,18H,1-3,7-8H2,(H,28,29)/b27-16-. The molecule has 0 spiro atoms. The van der Waals surface area contributed by atoms with Crippen molar-refractivity contribution in [2.45, 2.75) is 32.1 Å². The number of nitrogens with one attached hydrogen (secondary N) is 1. The van der Waals surface area contributed by atoms with Crippen molar-refractivity contribution in [1.29, 1.82) is 0 Å². The number of carbonyl (C=O) groups is 2. The Kier molecular flexibility index (Phi) is 6.63. The average Bonchev–Trinajstić information content (AvgIpc) is 2.81. The third kappa shape index (κ3) is 5.12. The van der Waals surface area contributed by atoms with Crippen LogP contribution in [0.3, 0.4) is 0 Å². The van der Waals surface area contributed by atoms with Gasteiger partial charge in [0.1, 0.15) is 5.75 Å². The van der Waals surface area contributed by atoms with E-state index in [1.54, 1.807) is 36.5 Å². The number of carbonyl (C=O) groups excluding carboxylic acids is 2. The van der Waals surface area contributed by atoms with Crippen molar-refractivity contribution in [2.24, 2.45) is 11.0 Å². The minimum absolute atomic E-state index is 0.0145. The summed E-state index contributed by atoms with van der Waals surface area (Å²) in [6, 6.07) is 17.9. The van der Waals surface area contributed by atoms with Gasteiger partial charge in [0.25, 0.3) is 0 Å². The average molecular weight is 435 g/mol. The van der Waals surface area contributed by atoms with Crippen LogP contribution in [0.1, 0.15) is 48.0 Å². The molecule has 1 N–H and O–H groups in total. The van der Waals surface area contributed by atoms with Gasteiger partial charge in [-0.1, -0.05) is 61.2 Å². The van der Waals surface area contributed by atoms with Crippen molar-refractivity contribution in [3.63, 3.8) is 0 Å². The van der Waals surface area contributed by atoms with Gasteiger partial charge in [0.05, 0.1) is 11.8 Å². The molecule has 3 aromatic rings. The number of hydrogen-bond donors (Lipinski definition) is 1. The molecule has 0 heterocycles. The first-order chi connectivity index (χ1) is 15.1. The van der Waals surface area contributed by atoms with Crippen LogP contribution in [0.4, 0.5) is 0 Å². The second-order valence-electron chi connectivity index (χ2n) is 7.66. The number of benzene rings is 3. The Bertz CT molecular complexity index is 1120. The van der Waals surface area contributed by atoms with Crippen molar-refractivity contribution in [3.8, 4) is 5.75 Å². The second kappa shape index (κ2) is 9.75. The highest BCUT2D eigenvalue weighted by atomic mass is 35.5. The Balaban J connectivity index is 1.58. The molecule has 31 heavy (non-hydrogen) atoms. The first-order valence-corrected chi connectivity index (χ1v) is 10.8. The third-order valence-corrected chi connectivity index (χ3v) is 5.81. The molecule has 0 atom stereocenters. The molecule has 5 nitrogen and oxygen atoms in total. The van der Waals surface area contributed by atoms with Crippen molar-refractivity contribution in [3.05, 3.63) is 76.8 Å². The number of rotatable bonds is 5. The molecule has 158 valence electrons. The molecule has 1 aliphatic rings. The van der Waals surface area contributed by atoms with Gasteiger partial charge >= 0.3 is 5.97 Å². The Morgan fingerprint density at radius 3 is 2.48 bits per heavy atom. The predicted molar refractivity (Wildman–Crippen MR) is 123 cm³/mol. The Morgan fingerprint density at radius 1 is 0.968 bits per heavy atom. The summed E-state index contributed by atoms with van der Waals surface area (Å²) in [5.41, 5.74) is 3.68. The maximum atomic E-state index is 12.6. The van der Waals surface area contributed by atoms with Crippen LogP contribution in [0.25, 0.3) is 10.8 Å². The van der Waals surface area contributed by atoms with E-state index in [1.165, 1.54) is 6.42 Å².